The van der Waals surface area contributed by atoms with Gasteiger partial charge in [-0.2, -0.15) is 0 Å². The molecule has 13 heavy (non-hydrogen) atoms. The number of halogens is 1. The molecule has 1 aromatic rings. The number of nitrogens with one attached hydrogen (secondary N) is 1. The molecule has 68 valence electrons. The molecule has 0 aromatic heterocycles. The smallest absolute Gasteiger partial charge is 0.134 e. The molecule has 1 heterocycles. The summed E-state index contributed by atoms with van der Waals surface area (Å²) in [5.41, 5.74) is 2.49. The summed E-state index contributed by atoms with van der Waals surface area (Å²) in [4.78, 5) is 0. The highest BCUT2D eigenvalue weighted by Crippen LogP contribution is 2.57. The maximum atomic E-state index is 9.48. The Kier molecular flexibility index (Phi) is 1.23. The van der Waals surface area contributed by atoms with Gasteiger partial charge in [-0.15, -0.1) is 0 Å². The first kappa shape index (κ1) is 7.51. The van der Waals surface area contributed by atoms with Crippen LogP contribution in [0.2, 0.25) is 5.02 Å². The maximum Gasteiger partial charge on any atom is 0.134 e. The molecule has 0 atom stereocenters. The van der Waals surface area contributed by atoms with E-state index < -0.39 is 0 Å². The van der Waals surface area contributed by atoms with E-state index >= 15 is 0 Å². The van der Waals surface area contributed by atoms with Crippen LogP contribution in [0.4, 0.5) is 5.69 Å². The zero-order valence-corrected chi connectivity index (χ0v) is 7.86. The van der Waals surface area contributed by atoms with Crippen LogP contribution in [0.25, 0.3) is 0 Å². The van der Waals surface area contributed by atoms with Crippen LogP contribution in [0.3, 0.4) is 0 Å². The summed E-state index contributed by atoms with van der Waals surface area (Å²) in [5, 5.41) is 13.4. The van der Waals surface area contributed by atoms with Crippen LogP contribution < -0.4 is 5.32 Å². The van der Waals surface area contributed by atoms with Crippen LogP contribution >= 0.6 is 11.6 Å². The predicted octanol–water partition coefficient (Wildman–Crippen LogP) is 2.50. The minimum absolute atomic E-state index is 0.204. The Morgan fingerprint density at radius 2 is 2.15 bits per heavy atom. The summed E-state index contributed by atoms with van der Waals surface area (Å²) in [6.45, 7) is 0.978. The largest absolute Gasteiger partial charge is 0.506 e. The second kappa shape index (κ2) is 2.13. The van der Waals surface area contributed by atoms with Crippen molar-refractivity contribution >= 4 is 17.3 Å². The Morgan fingerprint density at radius 1 is 1.38 bits per heavy atom. The van der Waals surface area contributed by atoms with Gasteiger partial charge < -0.3 is 10.4 Å². The Balaban J connectivity index is 2.27. The van der Waals surface area contributed by atoms with E-state index in [1.807, 2.05) is 6.07 Å². The second-order valence-corrected chi connectivity index (χ2v) is 4.33. The van der Waals surface area contributed by atoms with Crippen molar-refractivity contribution in [2.24, 2.45) is 0 Å². The molecule has 2 nitrogen and oxygen atoms in total. The van der Waals surface area contributed by atoms with E-state index in [2.05, 4.69) is 5.32 Å². The van der Waals surface area contributed by atoms with E-state index in [0.29, 0.717) is 5.02 Å². The van der Waals surface area contributed by atoms with Gasteiger partial charge in [-0.05, 0) is 25.0 Å². The Hall–Kier alpha value is -0.890. The fraction of sp³-hybridized carbons (Fsp3) is 0.400. The summed E-state index contributed by atoms with van der Waals surface area (Å²) >= 11 is 6.07. The Labute approximate surface area is 81.5 Å². The van der Waals surface area contributed by atoms with Gasteiger partial charge in [-0.1, -0.05) is 11.6 Å². The van der Waals surface area contributed by atoms with Crippen LogP contribution in [0.15, 0.2) is 12.1 Å². The third-order valence-electron chi connectivity index (χ3n) is 3.12. The van der Waals surface area contributed by atoms with Gasteiger partial charge in [0.25, 0.3) is 0 Å². The minimum atomic E-state index is 0.204. The molecule has 0 amide bonds. The number of hydrogen-bond donors (Lipinski definition) is 2. The SMILES string of the molecule is Oc1ccc2c(c1Cl)C1(CC1)CN2. The highest BCUT2D eigenvalue weighted by atomic mass is 35.5. The summed E-state index contributed by atoms with van der Waals surface area (Å²) in [7, 11) is 0. The number of phenols is 1. The molecule has 1 aromatic carbocycles. The van der Waals surface area contributed by atoms with E-state index in [0.717, 1.165) is 17.8 Å². The first-order chi connectivity index (χ1) is 6.23. The van der Waals surface area contributed by atoms with E-state index in [1.54, 1.807) is 6.07 Å². The lowest BCUT2D eigenvalue weighted by molar-refractivity contribution is 0.474. The minimum Gasteiger partial charge on any atom is -0.506 e. The predicted molar refractivity (Wildman–Crippen MR) is 52.5 cm³/mol. The zero-order chi connectivity index (χ0) is 9.05. The van der Waals surface area contributed by atoms with E-state index in [9.17, 15) is 5.11 Å². The molecule has 0 bridgehead atoms. The summed E-state index contributed by atoms with van der Waals surface area (Å²) in [5.74, 6) is 0.204. The lowest BCUT2D eigenvalue weighted by atomic mass is 9.98. The average molecular weight is 196 g/mol. The number of benzene rings is 1. The van der Waals surface area contributed by atoms with Crippen LogP contribution in [-0.2, 0) is 5.41 Å². The maximum absolute atomic E-state index is 9.48. The molecular formula is C10H10ClNO. The van der Waals surface area contributed by atoms with Gasteiger partial charge >= 0.3 is 0 Å². The molecule has 3 rings (SSSR count). The molecule has 1 spiro atoms. The van der Waals surface area contributed by atoms with Crippen LogP contribution in [0, 0.1) is 0 Å². The fourth-order valence-corrected chi connectivity index (χ4v) is 2.53. The van der Waals surface area contributed by atoms with E-state index in [-0.39, 0.29) is 11.2 Å². The number of anilines is 1. The average Bonchev–Trinajstić information content (AvgIpc) is 2.77. The number of phenolic OH excluding ortho intramolecular Hbond substituents is 1. The van der Waals surface area contributed by atoms with Crippen molar-refractivity contribution in [2.75, 3.05) is 11.9 Å². The molecule has 2 N–H and O–H groups in total. The second-order valence-electron chi connectivity index (χ2n) is 3.96. The molecule has 0 saturated heterocycles. The van der Waals surface area contributed by atoms with Gasteiger partial charge in [-0.3, -0.25) is 0 Å². The van der Waals surface area contributed by atoms with Gasteiger partial charge in [0.15, 0.2) is 0 Å². The van der Waals surface area contributed by atoms with Crippen molar-refractivity contribution in [2.45, 2.75) is 18.3 Å². The van der Waals surface area contributed by atoms with Crippen LogP contribution in [0.5, 0.6) is 5.75 Å². The van der Waals surface area contributed by atoms with Gasteiger partial charge in [-0.25, -0.2) is 0 Å². The van der Waals surface area contributed by atoms with Crippen molar-refractivity contribution in [3.8, 4) is 5.75 Å². The molecule has 0 radical (unpaired) electrons. The summed E-state index contributed by atoms with van der Waals surface area (Å²) in [6, 6.07) is 3.55. The quantitative estimate of drug-likeness (QED) is 0.624. The molecule has 1 saturated carbocycles. The lowest BCUT2D eigenvalue weighted by Gasteiger charge is -2.08. The highest BCUT2D eigenvalue weighted by Gasteiger charge is 2.50. The Bertz CT molecular complexity index is 385. The first-order valence-corrected chi connectivity index (χ1v) is 4.87. The van der Waals surface area contributed by atoms with E-state index in [1.165, 1.54) is 12.8 Å². The third-order valence-corrected chi connectivity index (χ3v) is 3.51. The van der Waals surface area contributed by atoms with Crippen molar-refractivity contribution in [1.82, 2.24) is 0 Å². The molecule has 1 aliphatic heterocycles. The molecule has 0 unspecified atom stereocenters. The molecule has 1 aliphatic carbocycles. The normalized spacial score (nSPS) is 21.3. The highest BCUT2D eigenvalue weighted by molar-refractivity contribution is 6.33. The lowest BCUT2D eigenvalue weighted by Crippen LogP contribution is -2.08. The van der Waals surface area contributed by atoms with Gasteiger partial charge in [0.2, 0.25) is 0 Å². The molecule has 3 heteroatoms. The van der Waals surface area contributed by atoms with Gasteiger partial charge in [0, 0.05) is 23.2 Å². The van der Waals surface area contributed by atoms with Gasteiger partial charge in [0.05, 0.1) is 5.02 Å². The van der Waals surface area contributed by atoms with Crippen molar-refractivity contribution < 1.29 is 5.11 Å². The standard InChI is InChI=1S/C10H10ClNO/c11-9-7(13)2-1-6-8(9)10(3-4-10)5-12-6/h1-2,12-13H,3-5H2. The van der Waals surface area contributed by atoms with E-state index in [4.69, 9.17) is 11.6 Å². The summed E-state index contributed by atoms with van der Waals surface area (Å²) in [6.07, 6.45) is 2.38. The Morgan fingerprint density at radius 3 is 2.85 bits per heavy atom. The number of fused-ring (bicyclic) bond motifs is 2. The van der Waals surface area contributed by atoms with Crippen molar-refractivity contribution in [3.63, 3.8) is 0 Å². The number of rotatable bonds is 0. The zero-order valence-electron chi connectivity index (χ0n) is 7.10. The van der Waals surface area contributed by atoms with Crippen molar-refractivity contribution in [1.29, 1.82) is 0 Å². The van der Waals surface area contributed by atoms with Crippen LogP contribution in [0.1, 0.15) is 18.4 Å². The van der Waals surface area contributed by atoms with Crippen molar-refractivity contribution in [3.05, 3.63) is 22.7 Å². The monoisotopic (exact) mass is 195 g/mol. The topological polar surface area (TPSA) is 32.3 Å². The number of aromatic hydroxyl groups is 1. The van der Waals surface area contributed by atoms with Gasteiger partial charge in [0.1, 0.15) is 5.75 Å². The molecular weight excluding hydrogens is 186 g/mol. The number of hydrogen-bond acceptors (Lipinski definition) is 2. The first-order valence-electron chi connectivity index (χ1n) is 4.49. The third kappa shape index (κ3) is 0.841. The van der Waals surface area contributed by atoms with Crippen LogP contribution in [-0.4, -0.2) is 11.7 Å². The summed E-state index contributed by atoms with van der Waals surface area (Å²) < 4.78 is 0. The molecule has 1 fully saturated rings. The molecule has 2 aliphatic rings. The fourth-order valence-electron chi connectivity index (χ4n) is 2.16.